The van der Waals surface area contributed by atoms with Crippen molar-refractivity contribution in [1.29, 1.82) is 0 Å². The van der Waals surface area contributed by atoms with Gasteiger partial charge in [-0.1, -0.05) is 41.4 Å². The lowest BCUT2D eigenvalue weighted by atomic mass is 10.0. The van der Waals surface area contributed by atoms with Crippen LogP contribution in [0.25, 0.3) is 0 Å². The van der Waals surface area contributed by atoms with E-state index in [2.05, 4.69) is 53.0 Å². The molecule has 0 bridgehead atoms. The van der Waals surface area contributed by atoms with Gasteiger partial charge in [-0.3, -0.25) is 0 Å². The van der Waals surface area contributed by atoms with Crippen LogP contribution in [-0.2, 0) is 12.8 Å². The van der Waals surface area contributed by atoms with E-state index in [0.717, 1.165) is 23.7 Å². The summed E-state index contributed by atoms with van der Waals surface area (Å²) in [7, 11) is 0. The molecule has 2 N–H and O–H groups in total. The number of hydrogen-bond acceptors (Lipinski definition) is 3. The maximum atomic E-state index is 5.83. The molecule has 96 valence electrons. The third-order valence-electron chi connectivity index (χ3n) is 3.01. The number of hydrogen-bond donors (Lipinski definition) is 1. The zero-order valence-corrected chi connectivity index (χ0v) is 13.1. The Labute approximate surface area is 120 Å². The van der Waals surface area contributed by atoms with E-state index < -0.39 is 0 Å². The number of nitrogen functional groups attached to an aromatic ring is 1. The maximum absolute atomic E-state index is 5.83. The summed E-state index contributed by atoms with van der Waals surface area (Å²) in [6.45, 7) is 4.31. The minimum absolute atomic E-state index is 0.682. The Morgan fingerprint density at radius 2 is 2.17 bits per heavy atom. The first-order chi connectivity index (χ1) is 8.61. The monoisotopic (exact) mass is 324 g/mol. The maximum Gasteiger partial charge on any atom is 0.180 e. The van der Waals surface area contributed by atoms with E-state index in [1.54, 1.807) is 11.3 Å². The number of thiazole rings is 1. The molecule has 0 spiro atoms. The zero-order valence-electron chi connectivity index (χ0n) is 10.7. The second kappa shape index (κ2) is 5.85. The molecule has 18 heavy (non-hydrogen) atoms. The van der Waals surface area contributed by atoms with Crippen molar-refractivity contribution in [2.75, 3.05) is 5.73 Å². The van der Waals surface area contributed by atoms with Crippen LogP contribution < -0.4 is 5.73 Å². The van der Waals surface area contributed by atoms with Crippen molar-refractivity contribution < 1.29 is 0 Å². The Balaban J connectivity index is 2.30. The molecule has 0 atom stereocenters. The van der Waals surface area contributed by atoms with Gasteiger partial charge in [0.25, 0.3) is 0 Å². The first-order valence-corrected chi connectivity index (χ1v) is 7.70. The van der Waals surface area contributed by atoms with E-state index in [9.17, 15) is 0 Å². The van der Waals surface area contributed by atoms with E-state index in [-0.39, 0.29) is 0 Å². The van der Waals surface area contributed by atoms with E-state index in [4.69, 9.17) is 5.73 Å². The van der Waals surface area contributed by atoms with E-state index >= 15 is 0 Å². The number of benzene rings is 1. The average molecular weight is 325 g/mol. The van der Waals surface area contributed by atoms with Crippen LogP contribution in [0.4, 0.5) is 5.13 Å². The number of anilines is 1. The number of aromatic nitrogens is 1. The van der Waals surface area contributed by atoms with Crippen LogP contribution in [0.3, 0.4) is 0 Å². The molecule has 0 fully saturated rings. The van der Waals surface area contributed by atoms with Crippen molar-refractivity contribution in [2.24, 2.45) is 0 Å². The normalized spacial score (nSPS) is 10.8. The van der Waals surface area contributed by atoms with Gasteiger partial charge in [0.1, 0.15) is 0 Å². The quantitative estimate of drug-likeness (QED) is 0.908. The first-order valence-electron chi connectivity index (χ1n) is 6.09. The molecule has 0 unspecified atom stereocenters. The van der Waals surface area contributed by atoms with Crippen molar-refractivity contribution in [3.05, 3.63) is 44.4 Å². The number of aryl methyl sites for hydroxylation is 1. The summed E-state index contributed by atoms with van der Waals surface area (Å²) in [4.78, 5) is 5.73. The van der Waals surface area contributed by atoms with Crippen molar-refractivity contribution in [3.8, 4) is 0 Å². The standard InChI is InChI=1S/C14H17BrN2S/c1-3-5-12-13(18-14(16)17-12)8-10-6-4-7-11(15)9(10)2/h4,6-7H,3,5,8H2,1-2H3,(H2,16,17). The molecule has 0 amide bonds. The van der Waals surface area contributed by atoms with Gasteiger partial charge in [0, 0.05) is 15.8 Å². The summed E-state index contributed by atoms with van der Waals surface area (Å²) in [5.74, 6) is 0. The van der Waals surface area contributed by atoms with Crippen molar-refractivity contribution in [3.63, 3.8) is 0 Å². The van der Waals surface area contributed by atoms with Gasteiger partial charge >= 0.3 is 0 Å². The fraction of sp³-hybridized carbons (Fsp3) is 0.357. The van der Waals surface area contributed by atoms with Gasteiger partial charge in [-0.05, 0) is 30.5 Å². The van der Waals surface area contributed by atoms with Crippen LogP contribution in [0.2, 0.25) is 0 Å². The molecule has 2 nitrogen and oxygen atoms in total. The van der Waals surface area contributed by atoms with Crippen LogP contribution in [0, 0.1) is 6.92 Å². The summed E-state index contributed by atoms with van der Waals surface area (Å²) in [5.41, 5.74) is 9.63. The lowest BCUT2D eigenvalue weighted by Gasteiger charge is -2.07. The molecule has 4 heteroatoms. The minimum atomic E-state index is 0.682. The van der Waals surface area contributed by atoms with E-state index in [1.807, 2.05) is 0 Å². The third-order valence-corrected chi connectivity index (χ3v) is 4.80. The zero-order chi connectivity index (χ0) is 13.1. The molecular weight excluding hydrogens is 308 g/mol. The summed E-state index contributed by atoms with van der Waals surface area (Å²) < 4.78 is 1.16. The molecule has 0 aliphatic rings. The summed E-state index contributed by atoms with van der Waals surface area (Å²) in [6.07, 6.45) is 3.04. The van der Waals surface area contributed by atoms with Gasteiger partial charge < -0.3 is 5.73 Å². The molecule has 0 aliphatic heterocycles. The molecule has 0 radical (unpaired) electrons. The molecule has 1 aromatic carbocycles. The lowest BCUT2D eigenvalue weighted by molar-refractivity contribution is 0.879. The molecule has 2 rings (SSSR count). The Kier molecular flexibility index (Phi) is 4.40. The molecule has 1 heterocycles. The lowest BCUT2D eigenvalue weighted by Crippen LogP contribution is -1.95. The van der Waals surface area contributed by atoms with Crippen LogP contribution in [0.15, 0.2) is 22.7 Å². The Morgan fingerprint density at radius 1 is 1.39 bits per heavy atom. The van der Waals surface area contributed by atoms with E-state index in [0.29, 0.717) is 5.13 Å². The van der Waals surface area contributed by atoms with Gasteiger partial charge in [-0.25, -0.2) is 4.98 Å². The third kappa shape index (κ3) is 2.93. The second-order valence-corrected chi connectivity index (χ2v) is 6.34. The number of nitrogens with zero attached hydrogens (tertiary/aromatic N) is 1. The van der Waals surface area contributed by atoms with Crippen LogP contribution >= 0.6 is 27.3 Å². The fourth-order valence-electron chi connectivity index (χ4n) is 1.99. The van der Waals surface area contributed by atoms with Crippen LogP contribution in [-0.4, -0.2) is 4.98 Å². The summed E-state index contributed by atoms with van der Waals surface area (Å²) >= 11 is 5.19. The van der Waals surface area contributed by atoms with E-state index in [1.165, 1.54) is 21.7 Å². The van der Waals surface area contributed by atoms with Gasteiger partial charge in [-0.15, -0.1) is 11.3 Å². The highest BCUT2D eigenvalue weighted by atomic mass is 79.9. The molecular formula is C14H17BrN2S. The second-order valence-electron chi connectivity index (χ2n) is 4.37. The smallest absolute Gasteiger partial charge is 0.180 e. The topological polar surface area (TPSA) is 38.9 Å². The van der Waals surface area contributed by atoms with Gasteiger partial charge in [0.05, 0.1) is 5.69 Å². The Morgan fingerprint density at radius 3 is 2.89 bits per heavy atom. The highest BCUT2D eigenvalue weighted by Gasteiger charge is 2.11. The molecule has 0 aliphatic carbocycles. The van der Waals surface area contributed by atoms with Gasteiger partial charge in [-0.2, -0.15) is 0 Å². The van der Waals surface area contributed by atoms with Crippen molar-refractivity contribution in [1.82, 2.24) is 4.98 Å². The van der Waals surface area contributed by atoms with Crippen LogP contribution in [0.5, 0.6) is 0 Å². The summed E-state index contributed by atoms with van der Waals surface area (Å²) in [6, 6.07) is 6.33. The predicted octanol–water partition coefficient (Wildman–Crippen LogP) is 4.34. The molecule has 2 aromatic rings. The largest absolute Gasteiger partial charge is 0.375 e. The Bertz CT molecular complexity index is 549. The van der Waals surface area contributed by atoms with Gasteiger partial charge in [0.2, 0.25) is 0 Å². The Hall–Kier alpha value is -0.870. The van der Waals surface area contributed by atoms with Crippen molar-refractivity contribution >= 4 is 32.4 Å². The fourth-order valence-corrected chi connectivity index (χ4v) is 3.30. The molecule has 1 aromatic heterocycles. The first kappa shape index (κ1) is 13.6. The number of nitrogens with two attached hydrogens (primary N) is 1. The van der Waals surface area contributed by atoms with Gasteiger partial charge in [0.15, 0.2) is 5.13 Å². The predicted molar refractivity (Wildman–Crippen MR) is 82.2 cm³/mol. The van der Waals surface area contributed by atoms with Crippen molar-refractivity contribution in [2.45, 2.75) is 33.1 Å². The number of halogens is 1. The summed E-state index contributed by atoms with van der Waals surface area (Å²) in [5, 5.41) is 0.682. The highest BCUT2D eigenvalue weighted by molar-refractivity contribution is 9.10. The minimum Gasteiger partial charge on any atom is -0.375 e. The number of rotatable bonds is 4. The molecule has 0 saturated heterocycles. The highest BCUT2D eigenvalue weighted by Crippen LogP contribution is 2.27. The van der Waals surface area contributed by atoms with Crippen LogP contribution in [0.1, 0.15) is 35.0 Å². The average Bonchev–Trinajstić information content (AvgIpc) is 2.66. The molecule has 0 saturated carbocycles. The SMILES string of the molecule is CCCc1nc(N)sc1Cc1cccc(Br)c1C.